The average molecular weight is 607 g/mol. The van der Waals surface area contributed by atoms with Crippen LogP contribution in [0.15, 0.2) is 42.0 Å². The highest BCUT2D eigenvalue weighted by Gasteiger charge is 2.70. The normalized spacial score (nSPS) is 43.8. The van der Waals surface area contributed by atoms with Crippen LogP contribution in [-0.4, -0.2) is 37.2 Å². The Labute approximate surface area is 266 Å². The largest absolute Gasteiger partial charge is 0.460 e. The van der Waals surface area contributed by atoms with Crippen molar-refractivity contribution in [2.24, 2.45) is 50.2 Å². The maximum Gasteiger partial charge on any atom is 0.313 e. The molecule has 0 aliphatic heterocycles. The summed E-state index contributed by atoms with van der Waals surface area (Å²) in [6.07, 6.45) is 11.0. The van der Waals surface area contributed by atoms with Gasteiger partial charge in [0.15, 0.2) is 0 Å². The van der Waals surface area contributed by atoms with E-state index in [4.69, 9.17) is 14.2 Å². The van der Waals surface area contributed by atoms with Crippen molar-refractivity contribution in [1.82, 2.24) is 0 Å². The third-order valence-electron chi connectivity index (χ3n) is 14.6. The molecule has 5 nitrogen and oxygen atoms in total. The van der Waals surface area contributed by atoms with E-state index in [-0.39, 0.29) is 51.9 Å². The molecular weight excluding hydrogens is 548 g/mol. The summed E-state index contributed by atoms with van der Waals surface area (Å²) in [5.74, 6) is 1.15. The zero-order chi connectivity index (χ0) is 31.8. The average Bonchev–Trinajstić information content (AvgIpc) is 2.97. The molecule has 0 aromatic heterocycles. The summed E-state index contributed by atoms with van der Waals surface area (Å²) in [5, 5.41) is 11.5. The minimum atomic E-state index is -0.507. The molecule has 0 radical (unpaired) electrons. The van der Waals surface area contributed by atoms with Gasteiger partial charge in [-0.2, -0.15) is 0 Å². The van der Waals surface area contributed by atoms with Gasteiger partial charge in [0.25, 0.3) is 0 Å². The number of rotatable bonds is 6. The zero-order valence-electron chi connectivity index (χ0n) is 28.7. The lowest BCUT2D eigenvalue weighted by molar-refractivity contribution is -0.250. The molecule has 1 aromatic rings. The highest BCUT2D eigenvalue weighted by Crippen LogP contribution is 2.76. The van der Waals surface area contributed by atoms with Crippen LogP contribution in [0, 0.1) is 50.2 Å². The van der Waals surface area contributed by atoms with E-state index in [0.717, 1.165) is 63.4 Å². The minimum Gasteiger partial charge on any atom is -0.460 e. The first-order chi connectivity index (χ1) is 20.6. The van der Waals surface area contributed by atoms with Gasteiger partial charge < -0.3 is 19.3 Å². The molecule has 9 atom stereocenters. The summed E-state index contributed by atoms with van der Waals surface area (Å²) >= 11 is 0. The summed E-state index contributed by atoms with van der Waals surface area (Å²) in [4.78, 5) is 14.2. The predicted molar refractivity (Wildman–Crippen MR) is 173 cm³/mol. The Morgan fingerprint density at radius 2 is 1.61 bits per heavy atom. The van der Waals surface area contributed by atoms with E-state index in [0.29, 0.717) is 18.4 Å². The van der Waals surface area contributed by atoms with Gasteiger partial charge in [-0.15, -0.1) is 0 Å². The van der Waals surface area contributed by atoms with E-state index in [1.165, 1.54) is 0 Å². The second-order valence-corrected chi connectivity index (χ2v) is 17.5. The van der Waals surface area contributed by atoms with E-state index >= 15 is 0 Å². The van der Waals surface area contributed by atoms with Crippen LogP contribution < -0.4 is 0 Å². The van der Waals surface area contributed by atoms with Gasteiger partial charge in [-0.05, 0) is 108 Å². The number of benzene rings is 1. The molecule has 5 aliphatic carbocycles. The van der Waals surface area contributed by atoms with Crippen molar-refractivity contribution in [2.75, 3.05) is 13.9 Å². The van der Waals surface area contributed by atoms with Crippen LogP contribution in [0.5, 0.6) is 0 Å². The first-order valence-electron chi connectivity index (χ1n) is 17.3. The van der Waals surface area contributed by atoms with Gasteiger partial charge in [-0.1, -0.05) is 90.4 Å². The molecule has 5 aliphatic rings. The van der Waals surface area contributed by atoms with Crippen LogP contribution in [0.2, 0.25) is 0 Å². The second-order valence-electron chi connectivity index (χ2n) is 17.5. The molecule has 1 N–H and O–H groups in total. The Morgan fingerprint density at radius 1 is 0.909 bits per heavy atom. The fraction of sp³-hybridized carbons (Fsp3) is 0.769. The number of methoxy groups -OCH3 is 1. The SMILES string of the molecule is COCO[C@@H]1C[C@]2(C)[C@H]3CC=C4[C@@H]5CC(C)(C)CC[C@]5(C(=O)OCc5ccccc5)CC[C@@]4(C)[C@]3(C)CC[C@H]2C(C)(C)[C@H]1O. The molecule has 0 spiro atoms. The van der Waals surface area contributed by atoms with Crippen molar-refractivity contribution in [3.05, 3.63) is 47.5 Å². The zero-order valence-corrected chi connectivity index (χ0v) is 28.7. The summed E-state index contributed by atoms with van der Waals surface area (Å²) < 4.78 is 17.7. The Kier molecular flexibility index (Phi) is 8.02. The van der Waals surface area contributed by atoms with E-state index in [9.17, 15) is 9.90 Å². The molecular formula is C39H58O5. The number of hydrogen-bond donors (Lipinski definition) is 1. The topological polar surface area (TPSA) is 65.0 Å². The lowest BCUT2D eigenvalue weighted by atomic mass is 9.33. The van der Waals surface area contributed by atoms with Crippen molar-refractivity contribution < 1.29 is 24.1 Å². The summed E-state index contributed by atoms with van der Waals surface area (Å²) in [5.41, 5.74) is 2.29. The Morgan fingerprint density at radius 3 is 2.32 bits per heavy atom. The van der Waals surface area contributed by atoms with Gasteiger partial charge in [0.1, 0.15) is 13.4 Å². The maximum atomic E-state index is 14.2. The van der Waals surface area contributed by atoms with Gasteiger partial charge in [0.2, 0.25) is 0 Å². The molecule has 0 amide bonds. The number of carbonyl (C=O) groups excluding carboxylic acids is 1. The molecule has 1 aromatic carbocycles. The fourth-order valence-corrected chi connectivity index (χ4v) is 11.9. The Bertz CT molecular complexity index is 1270. The molecule has 0 unspecified atom stereocenters. The number of ether oxygens (including phenoxy) is 3. The second kappa shape index (κ2) is 10.9. The third-order valence-corrected chi connectivity index (χ3v) is 14.6. The number of aliphatic hydroxyl groups is 1. The summed E-state index contributed by atoms with van der Waals surface area (Å²) in [6, 6.07) is 10.1. The van der Waals surface area contributed by atoms with E-state index < -0.39 is 11.5 Å². The molecule has 0 heterocycles. The molecule has 0 saturated heterocycles. The van der Waals surface area contributed by atoms with Crippen LogP contribution in [0.1, 0.15) is 112 Å². The van der Waals surface area contributed by atoms with Crippen LogP contribution in [0.3, 0.4) is 0 Å². The standard InChI is InChI=1S/C39H58O5/c1-34(2)18-20-39(33(41)43-24-26-12-10-9-11-13-26)21-19-37(6)27(28(39)22-34)14-15-31-36(5)23-29(44-25-42-8)32(40)35(3,4)30(36)16-17-38(31,37)7/h9-14,28-32,40H,15-25H2,1-8H3/t28-,29+,30-,31+,32-,36-,37+,38+,39-/m0/s1. The molecule has 0 bridgehead atoms. The van der Waals surface area contributed by atoms with Crippen LogP contribution >= 0.6 is 0 Å². The van der Waals surface area contributed by atoms with Gasteiger partial charge in [0.05, 0.1) is 17.6 Å². The molecule has 44 heavy (non-hydrogen) atoms. The quantitative estimate of drug-likeness (QED) is 0.200. The Balaban J connectivity index is 1.36. The highest BCUT2D eigenvalue weighted by molar-refractivity contribution is 5.79. The van der Waals surface area contributed by atoms with Crippen molar-refractivity contribution >= 4 is 5.97 Å². The molecule has 5 heteroatoms. The van der Waals surface area contributed by atoms with Gasteiger partial charge >= 0.3 is 5.97 Å². The number of carbonyl (C=O) groups is 1. The van der Waals surface area contributed by atoms with E-state index in [2.05, 4.69) is 54.5 Å². The number of fused-ring (bicyclic) bond motifs is 7. The lowest BCUT2D eigenvalue weighted by Gasteiger charge is -2.71. The van der Waals surface area contributed by atoms with Crippen molar-refractivity contribution in [3.63, 3.8) is 0 Å². The first kappa shape index (κ1) is 32.3. The number of esters is 1. The van der Waals surface area contributed by atoms with E-state index in [1.54, 1.807) is 12.7 Å². The number of aliphatic hydroxyl groups excluding tert-OH is 1. The monoisotopic (exact) mass is 606 g/mol. The molecule has 6 rings (SSSR count). The smallest absolute Gasteiger partial charge is 0.313 e. The van der Waals surface area contributed by atoms with Crippen molar-refractivity contribution in [2.45, 2.75) is 125 Å². The third kappa shape index (κ3) is 4.68. The van der Waals surface area contributed by atoms with E-state index in [1.807, 2.05) is 30.3 Å². The van der Waals surface area contributed by atoms with Crippen LogP contribution in [-0.2, 0) is 25.6 Å². The van der Waals surface area contributed by atoms with Gasteiger partial charge in [-0.25, -0.2) is 0 Å². The maximum absolute atomic E-state index is 14.2. The first-order valence-corrected chi connectivity index (χ1v) is 17.3. The fourth-order valence-electron chi connectivity index (χ4n) is 11.9. The summed E-state index contributed by atoms with van der Waals surface area (Å²) in [7, 11) is 1.66. The minimum absolute atomic E-state index is 0.0221. The number of hydrogen-bond acceptors (Lipinski definition) is 5. The molecule has 4 saturated carbocycles. The van der Waals surface area contributed by atoms with Crippen molar-refractivity contribution in [1.29, 1.82) is 0 Å². The van der Waals surface area contributed by atoms with Gasteiger partial charge in [-0.3, -0.25) is 4.79 Å². The molecule has 4 fully saturated rings. The predicted octanol–water partition coefficient (Wildman–Crippen LogP) is 8.49. The number of allylic oxidation sites excluding steroid dienone is 2. The van der Waals surface area contributed by atoms with Crippen molar-refractivity contribution in [3.8, 4) is 0 Å². The van der Waals surface area contributed by atoms with Gasteiger partial charge in [0, 0.05) is 7.11 Å². The lowest BCUT2D eigenvalue weighted by Crippen LogP contribution is -2.67. The summed E-state index contributed by atoms with van der Waals surface area (Å²) in [6.45, 7) is 17.5. The Hall–Kier alpha value is -1.69. The molecule has 244 valence electrons. The van der Waals surface area contributed by atoms with Crippen LogP contribution in [0.4, 0.5) is 0 Å². The van der Waals surface area contributed by atoms with Crippen LogP contribution in [0.25, 0.3) is 0 Å². The highest BCUT2D eigenvalue weighted by atomic mass is 16.7.